The van der Waals surface area contributed by atoms with Gasteiger partial charge in [-0.1, -0.05) is 19.1 Å². The number of nitrogens with zero attached hydrogens (tertiary/aromatic N) is 3. The Morgan fingerprint density at radius 1 is 1.00 bits per heavy atom. The molecule has 0 fully saturated rings. The zero-order valence-corrected chi connectivity index (χ0v) is 19.0. The first kappa shape index (κ1) is 23.8. The van der Waals surface area contributed by atoms with Crippen LogP contribution in [0.25, 0.3) is 11.7 Å². The minimum absolute atomic E-state index is 0.0558. The number of carbonyl (C=O) groups excluding carboxylic acids is 2. The Hall–Kier alpha value is -4.31. The summed E-state index contributed by atoms with van der Waals surface area (Å²) in [6, 6.07) is 15.6. The smallest absolute Gasteiger partial charge is 0.283 e. The molecule has 2 heterocycles. The van der Waals surface area contributed by atoms with Gasteiger partial charge in [-0.3, -0.25) is 14.5 Å². The van der Waals surface area contributed by atoms with Crippen LogP contribution in [0, 0.1) is 5.82 Å². The van der Waals surface area contributed by atoms with Crippen LogP contribution < -0.4 is 10.6 Å². The molecule has 4 rings (SSSR count). The normalized spacial score (nSPS) is 10.9. The molecule has 2 amide bonds. The zero-order valence-electron chi connectivity index (χ0n) is 19.0. The van der Waals surface area contributed by atoms with E-state index < -0.39 is 11.7 Å². The molecular formula is C25H24FN5O4. The summed E-state index contributed by atoms with van der Waals surface area (Å²) in [7, 11) is 0. The van der Waals surface area contributed by atoms with E-state index in [1.807, 2.05) is 11.8 Å². The van der Waals surface area contributed by atoms with Gasteiger partial charge in [-0.25, -0.2) is 4.39 Å². The molecule has 2 N–H and O–H groups in total. The largest absolute Gasteiger partial charge is 0.459 e. The zero-order chi connectivity index (χ0) is 24.6. The monoisotopic (exact) mass is 477 g/mol. The molecule has 0 aliphatic carbocycles. The summed E-state index contributed by atoms with van der Waals surface area (Å²) in [5.41, 5.74) is 1.10. The van der Waals surface area contributed by atoms with Crippen molar-refractivity contribution in [1.29, 1.82) is 0 Å². The average Bonchev–Trinajstić information content (AvgIpc) is 3.53. The summed E-state index contributed by atoms with van der Waals surface area (Å²) in [4.78, 5) is 27.5. The molecule has 0 aliphatic heterocycles. The Morgan fingerprint density at radius 2 is 1.80 bits per heavy atom. The first-order chi connectivity index (χ1) is 17.0. The van der Waals surface area contributed by atoms with Gasteiger partial charge >= 0.3 is 0 Å². The molecule has 2 aromatic heterocycles. The lowest BCUT2D eigenvalue weighted by Gasteiger charge is -2.19. The maximum Gasteiger partial charge on any atom is 0.283 e. The number of nitrogens with one attached hydrogen (secondary N) is 2. The molecule has 0 aliphatic rings. The number of hydrogen-bond acceptors (Lipinski definition) is 7. The van der Waals surface area contributed by atoms with Crippen LogP contribution in [0.1, 0.15) is 29.6 Å². The highest BCUT2D eigenvalue weighted by Crippen LogP contribution is 2.20. The minimum atomic E-state index is -0.422. The lowest BCUT2D eigenvalue weighted by atomic mass is 10.1. The van der Waals surface area contributed by atoms with E-state index in [2.05, 4.69) is 20.8 Å². The van der Waals surface area contributed by atoms with E-state index in [1.54, 1.807) is 36.4 Å². The van der Waals surface area contributed by atoms with E-state index in [0.29, 0.717) is 29.6 Å². The van der Waals surface area contributed by atoms with Crippen molar-refractivity contribution in [3.63, 3.8) is 0 Å². The average molecular weight is 477 g/mol. The molecule has 0 bridgehead atoms. The highest BCUT2D eigenvalue weighted by Gasteiger charge is 2.18. The van der Waals surface area contributed by atoms with E-state index in [0.717, 1.165) is 6.42 Å². The van der Waals surface area contributed by atoms with Crippen LogP contribution >= 0.6 is 0 Å². The molecule has 0 saturated carbocycles. The number of anilines is 2. The molecule has 0 radical (unpaired) electrons. The van der Waals surface area contributed by atoms with Crippen molar-refractivity contribution in [3.8, 4) is 11.7 Å². The highest BCUT2D eigenvalue weighted by molar-refractivity contribution is 6.10. The van der Waals surface area contributed by atoms with Crippen LogP contribution in [0.2, 0.25) is 0 Å². The number of halogens is 1. The molecule has 0 saturated heterocycles. The van der Waals surface area contributed by atoms with E-state index in [4.69, 9.17) is 8.83 Å². The number of rotatable bonds is 10. The van der Waals surface area contributed by atoms with Crippen LogP contribution in [-0.2, 0) is 11.3 Å². The van der Waals surface area contributed by atoms with Gasteiger partial charge in [0.25, 0.3) is 11.8 Å². The van der Waals surface area contributed by atoms with Crippen LogP contribution in [-0.4, -0.2) is 40.0 Å². The Balaban J connectivity index is 1.40. The fraction of sp³-hybridized carbons (Fsp3) is 0.200. The number of amides is 2. The number of para-hydroxylation sites is 1. The first-order valence-corrected chi connectivity index (χ1v) is 11.1. The van der Waals surface area contributed by atoms with Crippen molar-refractivity contribution in [3.05, 3.63) is 84.2 Å². The predicted octanol–water partition coefficient (Wildman–Crippen LogP) is 4.57. The van der Waals surface area contributed by atoms with Crippen molar-refractivity contribution in [2.45, 2.75) is 19.9 Å². The fourth-order valence-corrected chi connectivity index (χ4v) is 3.45. The Labute approximate surface area is 201 Å². The van der Waals surface area contributed by atoms with Gasteiger partial charge in [-0.2, -0.15) is 0 Å². The van der Waals surface area contributed by atoms with Gasteiger partial charge < -0.3 is 19.5 Å². The Bertz CT molecular complexity index is 1270. The van der Waals surface area contributed by atoms with E-state index in [9.17, 15) is 14.0 Å². The van der Waals surface area contributed by atoms with Gasteiger partial charge in [-0.05, 0) is 61.5 Å². The third-order valence-electron chi connectivity index (χ3n) is 5.01. The Kier molecular flexibility index (Phi) is 7.63. The second-order valence-corrected chi connectivity index (χ2v) is 7.74. The summed E-state index contributed by atoms with van der Waals surface area (Å²) < 4.78 is 24.1. The number of benzene rings is 2. The number of hydrogen-bond donors (Lipinski definition) is 2. The molecule has 0 unspecified atom stereocenters. The Morgan fingerprint density at radius 3 is 2.54 bits per heavy atom. The predicted molar refractivity (Wildman–Crippen MR) is 127 cm³/mol. The van der Waals surface area contributed by atoms with E-state index in [-0.39, 0.29) is 30.5 Å². The summed E-state index contributed by atoms with van der Waals surface area (Å²) in [5, 5.41) is 13.5. The molecule has 4 aromatic rings. The highest BCUT2D eigenvalue weighted by atomic mass is 19.1. The SMILES string of the molecule is CCCN(CC(=O)Nc1ccccc1C(=O)Nc1ccc(F)cc1)Cc1nnc(-c2ccco2)o1. The molecule has 180 valence electrons. The van der Waals surface area contributed by atoms with Gasteiger partial charge in [-0.15, -0.1) is 10.2 Å². The second-order valence-electron chi connectivity index (χ2n) is 7.74. The van der Waals surface area contributed by atoms with Crippen molar-refractivity contribution < 1.29 is 22.8 Å². The minimum Gasteiger partial charge on any atom is -0.459 e. The fourth-order valence-electron chi connectivity index (χ4n) is 3.45. The van der Waals surface area contributed by atoms with E-state index >= 15 is 0 Å². The number of aromatic nitrogens is 2. The summed E-state index contributed by atoms with van der Waals surface area (Å²) in [5.74, 6) is -0.0201. The van der Waals surface area contributed by atoms with Crippen molar-refractivity contribution in [1.82, 2.24) is 15.1 Å². The summed E-state index contributed by atoms with van der Waals surface area (Å²) in [6.45, 7) is 2.96. The molecule has 9 nitrogen and oxygen atoms in total. The molecule has 0 spiro atoms. The maximum absolute atomic E-state index is 13.1. The lowest BCUT2D eigenvalue weighted by Crippen LogP contribution is -2.34. The van der Waals surface area contributed by atoms with E-state index in [1.165, 1.54) is 30.5 Å². The quantitative estimate of drug-likeness (QED) is 0.344. The molecule has 10 heteroatoms. The number of carbonyl (C=O) groups is 2. The number of furan rings is 1. The van der Waals surface area contributed by atoms with Crippen LogP contribution in [0.3, 0.4) is 0 Å². The molecular weight excluding hydrogens is 453 g/mol. The van der Waals surface area contributed by atoms with Gasteiger partial charge in [0.05, 0.1) is 30.6 Å². The van der Waals surface area contributed by atoms with Crippen LogP contribution in [0.15, 0.2) is 75.8 Å². The maximum atomic E-state index is 13.1. The third-order valence-corrected chi connectivity index (χ3v) is 5.01. The summed E-state index contributed by atoms with van der Waals surface area (Å²) in [6.07, 6.45) is 2.33. The van der Waals surface area contributed by atoms with Gasteiger partial charge in [0.2, 0.25) is 11.8 Å². The van der Waals surface area contributed by atoms with Crippen molar-refractivity contribution in [2.24, 2.45) is 0 Å². The topological polar surface area (TPSA) is 114 Å². The van der Waals surface area contributed by atoms with Crippen molar-refractivity contribution in [2.75, 3.05) is 23.7 Å². The lowest BCUT2D eigenvalue weighted by molar-refractivity contribution is -0.117. The third kappa shape index (κ3) is 6.39. The molecule has 2 aromatic carbocycles. The second kappa shape index (κ2) is 11.2. The molecule has 35 heavy (non-hydrogen) atoms. The standard InChI is InChI=1S/C25H24FN5O4/c1-2-13-31(16-23-29-30-25(35-23)21-8-5-14-34-21)15-22(32)28-20-7-4-3-6-19(20)24(33)27-18-11-9-17(26)10-12-18/h3-12,14H,2,13,15-16H2,1H3,(H,27,33)(H,28,32). The van der Waals surface area contributed by atoms with Gasteiger partial charge in [0, 0.05) is 5.69 Å². The van der Waals surface area contributed by atoms with Crippen LogP contribution in [0.4, 0.5) is 15.8 Å². The van der Waals surface area contributed by atoms with Crippen LogP contribution in [0.5, 0.6) is 0 Å². The summed E-state index contributed by atoms with van der Waals surface area (Å²) >= 11 is 0. The van der Waals surface area contributed by atoms with Gasteiger partial charge in [0.1, 0.15) is 5.82 Å². The van der Waals surface area contributed by atoms with Crippen molar-refractivity contribution >= 4 is 23.2 Å². The first-order valence-electron chi connectivity index (χ1n) is 11.1. The molecule has 0 atom stereocenters. The van der Waals surface area contributed by atoms with Gasteiger partial charge in [0.15, 0.2) is 5.76 Å².